The Labute approximate surface area is 173 Å². The number of aromatic nitrogens is 4. The van der Waals surface area contributed by atoms with Crippen molar-refractivity contribution in [3.05, 3.63) is 83.6 Å². The predicted molar refractivity (Wildman–Crippen MR) is 111 cm³/mol. The lowest BCUT2D eigenvalue weighted by atomic mass is 10.1. The third-order valence-electron chi connectivity index (χ3n) is 5.10. The highest BCUT2D eigenvalue weighted by atomic mass is 16.5. The average molecular weight is 399 g/mol. The molecule has 1 saturated carbocycles. The van der Waals surface area contributed by atoms with Crippen LogP contribution in [0.2, 0.25) is 0 Å². The fraction of sp³-hybridized carbons (Fsp3) is 0.217. The third kappa shape index (κ3) is 3.74. The van der Waals surface area contributed by atoms with Crippen molar-refractivity contribution < 1.29 is 9.32 Å². The number of carbonyl (C=O) groups excluding carboxylic acids is 1. The molecule has 0 spiro atoms. The maximum Gasteiger partial charge on any atom is 0.255 e. The molecule has 1 aliphatic rings. The second-order valence-electron chi connectivity index (χ2n) is 7.54. The summed E-state index contributed by atoms with van der Waals surface area (Å²) in [5, 5.41) is 11.6. The monoisotopic (exact) mass is 399 g/mol. The molecule has 150 valence electrons. The topological polar surface area (TPSA) is 85.8 Å². The molecule has 1 amide bonds. The zero-order valence-electron chi connectivity index (χ0n) is 16.6. The van der Waals surface area contributed by atoms with E-state index in [1.807, 2.05) is 61.5 Å². The van der Waals surface area contributed by atoms with E-state index in [1.54, 1.807) is 10.9 Å². The Hall–Kier alpha value is -3.74. The van der Waals surface area contributed by atoms with E-state index in [4.69, 9.17) is 9.62 Å². The van der Waals surface area contributed by atoms with Crippen molar-refractivity contribution in [2.24, 2.45) is 0 Å². The van der Waals surface area contributed by atoms with Gasteiger partial charge in [0.15, 0.2) is 5.82 Å². The summed E-state index contributed by atoms with van der Waals surface area (Å²) in [5.74, 6) is 1.32. The van der Waals surface area contributed by atoms with Crippen LogP contribution in [0, 0.1) is 6.92 Å². The van der Waals surface area contributed by atoms with Gasteiger partial charge in [-0.3, -0.25) is 4.79 Å². The SMILES string of the molecule is Cc1cccc(-c2nn(-c3ccccc3)cc2C(=O)NCc2nc(C3CC3)no2)c1. The summed E-state index contributed by atoms with van der Waals surface area (Å²) in [6.45, 7) is 2.20. The van der Waals surface area contributed by atoms with Gasteiger partial charge in [-0.05, 0) is 38.0 Å². The minimum Gasteiger partial charge on any atom is -0.343 e. The van der Waals surface area contributed by atoms with Crippen molar-refractivity contribution in [1.82, 2.24) is 25.2 Å². The standard InChI is InChI=1S/C23H21N5O2/c1-15-6-5-7-17(12-15)21-19(14-28(26-21)18-8-3-2-4-9-18)23(29)24-13-20-25-22(27-30-20)16-10-11-16/h2-9,12,14,16H,10-11,13H2,1H3,(H,24,29). The molecule has 4 aromatic rings. The number of amides is 1. The van der Waals surface area contributed by atoms with Gasteiger partial charge in [0.1, 0.15) is 5.69 Å². The number of hydrogen-bond donors (Lipinski definition) is 1. The molecular formula is C23H21N5O2. The van der Waals surface area contributed by atoms with Crippen LogP contribution in [0.3, 0.4) is 0 Å². The van der Waals surface area contributed by atoms with E-state index >= 15 is 0 Å². The van der Waals surface area contributed by atoms with Gasteiger partial charge in [0.05, 0.1) is 17.8 Å². The molecule has 30 heavy (non-hydrogen) atoms. The molecule has 0 saturated heterocycles. The van der Waals surface area contributed by atoms with E-state index in [0.29, 0.717) is 23.1 Å². The molecule has 2 heterocycles. The fourth-order valence-corrected chi connectivity index (χ4v) is 3.36. The van der Waals surface area contributed by atoms with Gasteiger partial charge in [-0.2, -0.15) is 10.1 Å². The normalized spacial score (nSPS) is 13.4. The molecule has 2 aromatic carbocycles. The lowest BCUT2D eigenvalue weighted by Crippen LogP contribution is -2.23. The first-order chi connectivity index (χ1) is 14.7. The number of para-hydroxylation sites is 1. The van der Waals surface area contributed by atoms with Gasteiger partial charge < -0.3 is 9.84 Å². The number of rotatable bonds is 6. The van der Waals surface area contributed by atoms with Crippen LogP contribution in [-0.4, -0.2) is 25.8 Å². The Kier molecular flexibility index (Phi) is 4.63. The molecule has 0 unspecified atom stereocenters. The van der Waals surface area contributed by atoms with Crippen molar-refractivity contribution in [2.75, 3.05) is 0 Å². The second kappa shape index (κ2) is 7.59. The Balaban J connectivity index is 1.44. The van der Waals surface area contributed by atoms with Crippen molar-refractivity contribution in [2.45, 2.75) is 32.2 Å². The Morgan fingerprint density at radius 2 is 2.00 bits per heavy atom. The zero-order valence-corrected chi connectivity index (χ0v) is 16.6. The number of nitrogens with zero attached hydrogens (tertiary/aromatic N) is 4. The van der Waals surface area contributed by atoms with Crippen LogP contribution < -0.4 is 5.32 Å². The first-order valence-corrected chi connectivity index (χ1v) is 10.0. The third-order valence-corrected chi connectivity index (χ3v) is 5.10. The van der Waals surface area contributed by atoms with Gasteiger partial charge in [-0.15, -0.1) is 0 Å². The van der Waals surface area contributed by atoms with E-state index < -0.39 is 0 Å². The largest absolute Gasteiger partial charge is 0.343 e. The molecule has 2 aromatic heterocycles. The quantitative estimate of drug-likeness (QED) is 0.529. The Morgan fingerprint density at radius 1 is 1.17 bits per heavy atom. The van der Waals surface area contributed by atoms with Crippen molar-refractivity contribution in [3.63, 3.8) is 0 Å². The van der Waals surface area contributed by atoms with Gasteiger partial charge in [0.2, 0.25) is 5.89 Å². The van der Waals surface area contributed by atoms with Gasteiger partial charge in [0, 0.05) is 17.7 Å². The van der Waals surface area contributed by atoms with Crippen LogP contribution >= 0.6 is 0 Å². The molecule has 7 heteroatoms. The molecule has 1 N–H and O–H groups in total. The van der Waals surface area contributed by atoms with Crippen molar-refractivity contribution >= 4 is 5.91 Å². The van der Waals surface area contributed by atoms with Crippen LogP contribution in [0.15, 0.2) is 65.3 Å². The van der Waals surface area contributed by atoms with E-state index in [2.05, 4.69) is 15.5 Å². The molecule has 0 atom stereocenters. The molecule has 7 nitrogen and oxygen atoms in total. The number of benzene rings is 2. The summed E-state index contributed by atoms with van der Waals surface area (Å²) in [7, 11) is 0. The molecule has 1 fully saturated rings. The molecule has 0 aliphatic heterocycles. The number of aryl methyl sites for hydroxylation is 1. The summed E-state index contributed by atoms with van der Waals surface area (Å²) in [6.07, 6.45) is 3.96. The molecule has 5 rings (SSSR count). The highest BCUT2D eigenvalue weighted by Gasteiger charge is 2.29. The maximum atomic E-state index is 13.0. The highest BCUT2D eigenvalue weighted by molar-refractivity contribution is 5.99. The Morgan fingerprint density at radius 3 is 2.77 bits per heavy atom. The summed E-state index contributed by atoms with van der Waals surface area (Å²) in [6, 6.07) is 17.7. The molecular weight excluding hydrogens is 378 g/mol. The summed E-state index contributed by atoms with van der Waals surface area (Å²) < 4.78 is 6.99. The van der Waals surface area contributed by atoms with Crippen molar-refractivity contribution in [3.8, 4) is 16.9 Å². The van der Waals surface area contributed by atoms with Crippen LogP contribution in [0.4, 0.5) is 0 Å². The summed E-state index contributed by atoms with van der Waals surface area (Å²) in [4.78, 5) is 17.4. The van der Waals surface area contributed by atoms with Crippen LogP contribution in [0.25, 0.3) is 16.9 Å². The Bertz CT molecular complexity index is 1190. The molecule has 0 radical (unpaired) electrons. The molecule has 0 bridgehead atoms. The minimum absolute atomic E-state index is 0.183. The van der Waals surface area contributed by atoms with E-state index in [1.165, 1.54) is 0 Å². The van der Waals surface area contributed by atoms with Gasteiger partial charge >= 0.3 is 0 Å². The summed E-state index contributed by atoms with van der Waals surface area (Å²) in [5.41, 5.74) is 4.00. The van der Waals surface area contributed by atoms with E-state index in [0.717, 1.165) is 35.5 Å². The number of nitrogens with one attached hydrogen (secondary N) is 1. The van der Waals surface area contributed by atoms with E-state index in [-0.39, 0.29) is 12.5 Å². The smallest absolute Gasteiger partial charge is 0.255 e. The predicted octanol–water partition coefficient (Wildman–Crippen LogP) is 4.04. The van der Waals surface area contributed by atoms with Gasteiger partial charge in [-0.1, -0.05) is 47.1 Å². The number of carbonyl (C=O) groups is 1. The first-order valence-electron chi connectivity index (χ1n) is 10.0. The van der Waals surface area contributed by atoms with Crippen LogP contribution in [0.1, 0.15) is 46.4 Å². The first kappa shape index (κ1) is 18.3. The summed E-state index contributed by atoms with van der Waals surface area (Å²) >= 11 is 0. The molecule has 1 aliphatic carbocycles. The van der Waals surface area contributed by atoms with Crippen molar-refractivity contribution in [1.29, 1.82) is 0 Å². The van der Waals surface area contributed by atoms with Gasteiger partial charge in [-0.25, -0.2) is 4.68 Å². The second-order valence-corrected chi connectivity index (χ2v) is 7.54. The zero-order chi connectivity index (χ0) is 20.5. The maximum absolute atomic E-state index is 13.0. The lowest BCUT2D eigenvalue weighted by Gasteiger charge is -2.04. The van der Waals surface area contributed by atoms with Gasteiger partial charge in [0.25, 0.3) is 5.91 Å². The minimum atomic E-state index is -0.236. The number of hydrogen-bond acceptors (Lipinski definition) is 5. The van der Waals surface area contributed by atoms with Crippen LogP contribution in [0.5, 0.6) is 0 Å². The fourth-order valence-electron chi connectivity index (χ4n) is 3.36. The highest BCUT2D eigenvalue weighted by Crippen LogP contribution is 2.38. The average Bonchev–Trinajstić information content (AvgIpc) is 3.34. The lowest BCUT2D eigenvalue weighted by molar-refractivity contribution is 0.0947. The van der Waals surface area contributed by atoms with E-state index in [9.17, 15) is 4.79 Å². The van der Waals surface area contributed by atoms with Crippen LogP contribution in [-0.2, 0) is 6.54 Å².